The molecule has 1 aromatic carbocycles. The van der Waals surface area contributed by atoms with Crippen molar-refractivity contribution >= 4 is 27.8 Å². The summed E-state index contributed by atoms with van der Waals surface area (Å²) in [7, 11) is 2.95. The van der Waals surface area contributed by atoms with Gasteiger partial charge in [-0.3, -0.25) is 9.59 Å². The van der Waals surface area contributed by atoms with Crippen molar-refractivity contribution in [3.05, 3.63) is 28.2 Å². The summed E-state index contributed by atoms with van der Waals surface area (Å²) in [5.74, 6) is 0.300. The van der Waals surface area contributed by atoms with Gasteiger partial charge in [0.05, 0.1) is 19.8 Å². The fourth-order valence-electron chi connectivity index (χ4n) is 1.78. The molecule has 0 radical (unpaired) electrons. The third-order valence-corrected chi connectivity index (χ3v) is 3.68. The largest absolute Gasteiger partial charge is 0.497 e. The van der Waals surface area contributed by atoms with Crippen molar-refractivity contribution in [1.82, 2.24) is 5.32 Å². The third kappa shape index (κ3) is 6.16. The number of rotatable bonds is 8. The van der Waals surface area contributed by atoms with Gasteiger partial charge in [-0.1, -0.05) is 6.42 Å². The molecule has 0 bridgehead atoms. The van der Waals surface area contributed by atoms with Crippen LogP contribution in [0.5, 0.6) is 5.75 Å². The highest BCUT2D eigenvalue weighted by molar-refractivity contribution is 9.10. The molecule has 0 atom stereocenters. The minimum atomic E-state index is -0.195. The Morgan fingerprint density at radius 2 is 1.95 bits per heavy atom. The average molecular weight is 358 g/mol. The molecule has 0 saturated carbocycles. The normalized spacial score (nSPS) is 10.0. The second-order valence-corrected chi connectivity index (χ2v) is 5.34. The number of hydrogen-bond acceptors (Lipinski definition) is 4. The molecular formula is C15H20BrNO4. The summed E-state index contributed by atoms with van der Waals surface area (Å²) in [5.41, 5.74) is 0.545. The van der Waals surface area contributed by atoms with E-state index in [4.69, 9.17) is 4.74 Å². The maximum atomic E-state index is 12.1. The van der Waals surface area contributed by atoms with Crippen LogP contribution in [-0.4, -0.2) is 32.6 Å². The number of amides is 1. The Kier molecular flexibility index (Phi) is 7.82. The van der Waals surface area contributed by atoms with Gasteiger partial charge in [0.25, 0.3) is 5.91 Å². The number of carbonyl (C=O) groups is 2. The minimum Gasteiger partial charge on any atom is -0.497 e. The van der Waals surface area contributed by atoms with Gasteiger partial charge in [0.15, 0.2) is 0 Å². The predicted molar refractivity (Wildman–Crippen MR) is 83.5 cm³/mol. The van der Waals surface area contributed by atoms with Gasteiger partial charge >= 0.3 is 5.97 Å². The quantitative estimate of drug-likeness (QED) is 0.573. The van der Waals surface area contributed by atoms with Crippen LogP contribution < -0.4 is 10.1 Å². The number of halogens is 1. The summed E-state index contributed by atoms with van der Waals surface area (Å²) in [4.78, 5) is 23.0. The standard InChI is InChI=1S/C15H20BrNO4/c1-20-11-7-8-13(16)12(10-11)15(19)17-9-5-3-4-6-14(18)21-2/h7-8,10H,3-6,9H2,1-2H3,(H,17,19). The van der Waals surface area contributed by atoms with E-state index in [1.807, 2.05) is 0 Å². The Labute approximate surface area is 133 Å². The van der Waals surface area contributed by atoms with E-state index in [1.54, 1.807) is 25.3 Å². The molecule has 0 aliphatic rings. The number of esters is 1. The molecule has 0 saturated heterocycles. The Morgan fingerprint density at radius 1 is 1.19 bits per heavy atom. The number of hydrogen-bond donors (Lipinski definition) is 1. The van der Waals surface area contributed by atoms with Gasteiger partial charge in [0, 0.05) is 17.4 Å². The van der Waals surface area contributed by atoms with Crippen LogP contribution in [0.1, 0.15) is 36.0 Å². The van der Waals surface area contributed by atoms with Crippen LogP contribution in [-0.2, 0) is 9.53 Å². The number of ether oxygens (including phenoxy) is 2. The highest BCUT2D eigenvalue weighted by Gasteiger charge is 2.10. The average Bonchev–Trinajstić information content (AvgIpc) is 2.50. The highest BCUT2D eigenvalue weighted by Crippen LogP contribution is 2.22. The molecule has 0 heterocycles. The lowest BCUT2D eigenvalue weighted by Gasteiger charge is -2.08. The van der Waals surface area contributed by atoms with Crippen molar-refractivity contribution in [2.75, 3.05) is 20.8 Å². The van der Waals surface area contributed by atoms with E-state index in [2.05, 4.69) is 26.0 Å². The van der Waals surface area contributed by atoms with Crippen molar-refractivity contribution in [1.29, 1.82) is 0 Å². The lowest BCUT2D eigenvalue weighted by Crippen LogP contribution is -2.24. The van der Waals surface area contributed by atoms with Crippen LogP contribution >= 0.6 is 15.9 Å². The van der Waals surface area contributed by atoms with Gasteiger partial charge in [-0.05, 0) is 47.0 Å². The molecule has 0 spiro atoms. The first-order valence-electron chi connectivity index (χ1n) is 6.77. The molecular weight excluding hydrogens is 338 g/mol. The van der Waals surface area contributed by atoms with Gasteiger partial charge in [-0.2, -0.15) is 0 Å². The monoisotopic (exact) mass is 357 g/mol. The number of methoxy groups -OCH3 is 2. The number of nitrogens with one attached hydrogen (secondary N) is 1. The zero-order valence-corrected chi connectivity index (χ0v) is 13.9. The summed E-state index contributed by atoms with van der Waals surface area (Å²) >= 11 is 3.35. The third-order valence-electron chi connectivity index (χ3n) is 2.99. The van der Waals surface area contributed by atoms with E-state index in [0.717, 1.165) is 23.7 Å². The van der Waals surface area contributed by atoms with Gasteiger partial charge in [0.1, 0.15) is 5.75 Å². The Hall–Kier alpha value is -1.56. The first kappa shape index (κ1) is 17.5. The molecule has 5 nitrogen and oxygen atoms in total. The molecule has 1 aromatic rings. The lowest BCUT2D eigenvalue weighted by atomic mass is 10.1. The van der Waals surface area contributed by atoms with Gasteiger partial charge in [-0.15, -0.1) is 0 Å². The van der Waals surface area contributed by atoms with Crippen LogP contribution in [0.4, 0.5) is 0 Å². The molecule has 0 fully saturated rings. The molecule has 0 aromatic heterocycles. The van der Waals surface area contributed by atoms with Crippen molar-refractivity contribution in [2.24, 2.45) is 0 Å². The topological polar surface area (TPSA) is 64.6 Å². The predicted octanol–water partition coefficient (Wildman–Crippen LogP) is 2.92. The Morgan fingerprint density at radius 3 is 2.62 bits per heavy atom. The van der Waals surface area contributed by atoms with Crippen molar-refractivity contribution in [3.8, 4) is 5.75 Å². The van der Waals surface area contributed by atoms with E-state index in [-0.39, 0.29) is 11.9 Å². The van der Waals surface area contributed by atoms with Crippen molar-refractivity contribution in [2.45, 2.75) is 25.7 Å². The summed E-state index contributed by atoms with van der Waals surface area (Å²) < 4.78 is 10.4. The van der Waals surface area contributed by atoms with Crippen LogP contribution in [0.2, 0.25) is 0 Å². The molecule has 1 amide bonds. The Bertz CT molecular complexity index is 491. The number of unbranched alkanes of at least 4 members (excludes halogenated alkanes) is 2. The van der Waals surface area contributed by atoms with Crippen LogP contribution in [0, 0.1) is 0 Å². The van der Waals surface area contributed by atoms with Crippen LogP contribution in [0.25, 0.3) is 0 Å². The smallest absolute Gasteiger partial charge is 0.305 e. The SMILES string of the molecule is COC(=O)CCCCCNC(=O)c1cc(OC)ccc1Br. The summed E-state index contributed by atoms with van der Waals surface area (Å²) in [5, 5.41) is 2.85. The summed E-state index contributed by atoms with van der Waals surface area (Å²) in [6, 6.07) is 5.26. The minimum absolute atomic E-state index is 0.145. The van der Waals surface area contributed by atoms with Crippen LogP contribution in [0.3, 0.4) is 0 Å². The van der Waals surface area contributed by atoms with E-state index < -0.39 is 0 Å². The number of benzene rings is 1. The van der Waals surface area contributed by atoms with Crippen molar-refractivity contribution in [3.63, 3.8) is 0 Å². The molecule has 21 heavy (non-hydrogen) atoms. The molecule has 1 N–H and O–H groups in total. The second kappa shape index (κ2) is 9.39. The molecule has 6 heteroatoms. The van der Waals surface area contributed by atoms with Crippen molar-refractivity contribution < 1.29 is 19.1 Å². The zero-order chi connectivity index (χ0) is 15.7. The second-order valence-electron chi connectivity index (χ2n) is 4.49. The van der Waals surface area contributed by atoms with E-state index in [1.165, 1.54) is 7.11 Å². The zero-order valence-electron chi connectivity index (χ0n) is 12.3. The lowest BCUT2D eigenvalue weighted by molar-refractivity contribution is -0.140. The fraction of sp³-hybridized carbons (Fsp3) is 0.467. The highest BCUT2D eigenvalue weighted by atomic mass is 79.9. The van der Waals surface area contributed by atoms with Gasteiger partial charge < -0.3 is 14.8 Å². The molecule has 0 unspecified atom stereocenters. The summed E-state index contributed by atoms with van der Waals surface area (Å²) in [6.07, 6.45) is 2.89. The van der Waals surface area contributed by atoms with Gasteiger partial charge in [0.2, 0.25) is 0 Å². The first-order valence-corrected chi connectivity index (χ1v) is 7.56. The first-order chi connectivity index (χ1) is 10.1. The molecule has 1 rings (SSSR count). The maximum absolute atomic E-state index is 12.1. The van der Waals surface area contributed by atoms with E-state index in [0.29, 0.717) is 24.3 Å². The summed E-state index contributed by atoms with van der Waals surface area (Å²) in [6.45, 7) is 0.573. The van der Waals surface area contributed by atoms with Gasteiger partial charge in [-0.25, -0.2) is 0 Å². The Balaban J connectivity index is 2.32. The van der Waals surface area contributed by atoms with E-state index >= 15 is 0 Å². The van der Waals surface area contributed by atoms with Crippen LogP contribution in [0.15, 0.2) is 22.7 Å². The van der Waals surface area contributed by atoms with E-state index in [9.17, 15) is 9.59 Å². The molecule has 116 valence electrons. The maximum Gasteiger partial charge on any atom is 0.305 e. The fourth-order valence-corrected chi connectivity index (χ4v) is 2.20. The molecule has 0 aliphatic heterocycles. The number of carbonyl (C=O) groups excluding carboxylic acids is 2. The molecule has 0 aliphatic carbocycles.